The van der Waals surface area contributed by atoms with Crippen LogP contribution in [0.15, 0.2) is 24.3 Å². The molecule has 0 aromatic heterocycles. The van der Waals surface area contributed by atoms with Crippen molar-refractivity contribution in [2.24, 2.45) is 0 Å². The fraction of sp³-hybridized carbons (Fsp3) is 0.571. The average molecular weight is 291 g/mol. The first kappa shape index (κ1) is 16.9. The summed E-state index contributed by atoms with van der Waals surface area (Å²) in [6, 6.07) is 5.58. The first-order valence-corrected chi connectivity index (χ1v) is 6.48. The van der Waals surface area contributed by atoms with Crippen molar-refractivity contribution >= 4 is 0 Å². The lowest BCUT2D eigenvalue weighted by atomic mass is 10.1. The molecule has 0 spiro atoms. The van der Waals surface area contributed by atoms with E-state index in [1.807, 2.05) is 0 Å². The van der Waals surface area contributed by atoms with Gasteiger partial charge in [-0.1, -0.05) is 18.2 Å². The Bertz CT molecular complexity index is 383. The quantitative estimate of drug-likeness (QED) is 0.710. The van der Waals surface area contributed by atoms with E-state index in [0.717, 1.165) is 12.5 Å². The number of ether oxygens (including phenoxy) is 2. The number of benzene rings is 1. The van der Waals surface area contributed by atoms with E-state index in [2.05, 4.69) is 5.32 Å². The third-order valence-corrected chi connectivity index (χ3v) is 2.70. The first-order chi connectivity index (χ1) is 9.55. The first-order valence-electron chi connectivity index (χ1n) is 6.48. The summed E-state index contributed by atoms with van der Waals surface area (Å²) in [5.41, 5.74) is -0.340. The van der Waals surface area contributed by atoms with Crippen molar-refractivity contribution in [3.05, 3.63) is 35.4 Å². The lowest BCUT2D eigenvalue weighted by molar-refractivity contribution is -0.138. The Balaban J connectivity index is 2.26. The van der Waals surface area contributed by atoms with Crippen LogP contribution in [-0.4, -0.2) is 33.5 Å². The molecule has 0 bridgehead atoms. The van der Waals surface area contributed by atoms with Crippen LogP contribution in [0.5, 0.6) is 0 Å². The molecule has 0 amide bonds. The normalized spacial score (nSPS) is 11.8. The Labute approximate surface area is 117 Å². The summed E-state index contributed by atoms with van der Waals surface area (Å²) in [6.07, 6.45) is -3.50. The Morgan fingerprint density at radius 1 is 1.10 bits per heavy atom. The molecule has 0 heterocycles. The highest BCUT2D eigenvalue weighted by molar-refractivity contribution is 5.29. The molecule has 0 saturated heterocycles. The van der Waals surface area contributed by atoms with Gasteiger partial charge in [-0.2, -0.15) is 13.2 Å². The van der Waals surface area contributed by atoms with Crippen LogP contribution in [0.25, 0.3) is 0 Å². The van der Waals surface area contributed by atoms with Crippen LogP contribution in [0.2, 0.25) is 0 Å². The molecular formula is C14H20F3NO2. The summed E-state index contributed by atoms with van der Waals surface area (Å²) >= 11 is 0. The minimum absolute atomic E-state index is 0.178. The molecule has 0 fully saturated rings. The Kier molecular flexibility index (Phi) is 7.58. The lowest BCUT2D eigenvalue weighted by Gasteiger charge is -2.13. The van der Waals surface area contributed by atoms with Crippen LogP contribution in [0.1, 0.15) is 17.5 Å². The fourth-order valence-electron chi connectivity index (χ4n) is 1.73. The molecule has 6 heteroatoms. The molecule has 0 aliphatic rings. The van der Waals surface area contributed by atoms with Gasteiger partial charge in [0.1, 0.15) is 0 Å². The minimum atomic E-state index is -4.31. The highest BCUT2D eigenvalue weighted by Gasteiger charge is 2.32. The Hall–Kier alpha value is -1.11. The SMILES string of the molecule is COCCCOCCNCc1ccccc1C(F)(F)F. The van der Waals surface area contributed by atoms with Crippen LogP contribution >= 0.6 is 0 Å². The number of alkyl halides is 3. The van der Waals surface area contributed by atoms with Gasteiger partial charge in [0, 0.05) is 33.4 Å². The van der Waals surface area contributed by atoms with Gasteiger partial charge >= 0.3 is 6.18 Å². The molecule has 0 radical (unpaired) electrons. The van der Waals surface area contributed by atoms with Crippen LogP contribution in [-0.2, 0) is 22.2 Å². The van der Waals surface area contributed by atoms with Crippen molar-refractivity contribution in [3.63, 3.8) is 0 Å². The molecule has 1 N–H and O–H groups in total. The molecule has 20 heavy (non-hydrogen) atoms. The maximum atomic E-state index is 12.7. The number of hydrogen-bond donors (Lipinski definition) is 1. The second-order valence-corrected chi connectivity index (χ2v) is 4.29. The number of halogens is 3. The molecule has 0 unspecified atom stereocenters. The van der Waals surface area contributed by atoms with Gasteiger partial charge in [0.25, 0.3) is 0 Å². The maximum Gasteiger partial charge on any atom is 0.416 e. The Morgan fingerprint density at radius 3 is 2.55 bits per heavy atom. The summed E-state index contributed by atoms with van der Waals surface area (Å²) < 4.78 is 48.4. The van der Waals surface area contributed by atoms with E-state index in [0.29, 0.717) is 26.4 Å². The summed E-state index contributed by atoms with van der Waals surface area (Å²) in [7, 11) is 1.62. The van der Waals surface area contributed by atoms with Crippen LogP contribution in [0, 0.1) is 0 Å². The molecule has 0 saturated carbocycles. The molecule has 1 rings (SSSR count). The van der Waals surface area contributed by atoms with E-state index in [1.165, 1.54) is 12.1 Å². The molecule has 0 aliphatic heterocycles. The van der Waals surface area contributed by atoms with Crippen LogP contribution in [0.4, 0.5) is 13.2 Å². The number of rotatable bonds is 9. The van der Waals surface area contributed by atoms with Gasteiger partial charge in [-0.25, -0.2) is 0 Å². The molecular weight excluding hydrogens is 271 g/mol. The molecule has 1 aromatic carbocycles. The molecule has 0 aliphatic carbocycles. The maximum absolute atomic E-state index is 12.7. The van der Waals surface area contributed by atoms with Crippen molar-refractivity contribution in [1.29, 1.82) is 0 Å². The monoisotopic (exact) mass is 291 g/mol. The van der Waals surface area contributed by atoms with Crippen molar-refractivity contribution in [2.45, 2.75) is 19.1 Å². The topological polar surface area (TPSA) is 30.5 Å². The van der Waals surface area contributed by atoms with Crippen molar-refractivity contribution in [2.75, 3.05) is 33.5 Å². The zero-order chi connectivity index (χ0) is 14.8. The molecule has 3 nitrogen and oxygen atoms in total. The predicted molar refractivity (Wildman–Crippen MR) is 70.5 cm³/mol. The highest BCUT2D eigenvalue weighted by Crippen LogP contribution is 2.31. The van der Waals surface area contributed by atoms with E-state index in [-0.39, 0.29) is 12.1 Å². The van der Waals surface area contributed by atoms with E-state index >= 15 is 0 Å². The highest BCUT2D eigenvalue weighted by atomic mass is 19.4. The third kappa shape index (κ3) is 6.36. The lowest BCUT2D eigenvalue weighted by Crippen LogP contribution is -2.21. The third-order valence-electron chi connectivity index (χ3n) is 2.70. The van der Waals surface area contributed by atoms with Gasteiger partial charge in [0.05, 0.1) is 12.2 Å². The van der Waals surface area contributed by atoms with Crippen molar-refractivity contribution in [3.8, 4) is 0 Å². The van der Waals surface area contributed by atoms with Gasteiger partial charge < -0.3 is 14.8 Å². The standard InChI is InChI=1S/C14H20F3NO2/c1-19-8-4-9-20-10-7-18-11-12-5-2-3-6-13(12)14(15,16)17/h2-3,5-6,18H,4,7-11H2,1H3. The second kappa shape index (κ2) is 8.94. The number of nitrogens with one attached hydrogen (secondary N) is 1. The van der Waals surface area contributed by atoms with Gasteiger partial charge in [-0.3, -0.25) is 0 Å². The summed E-state index contributed by atoms with van der Waals surface area (Å²) in [6.45, 7) is 2.40. The number of methoxy groups -OCH3 is 1. The minimum Gasteiger partial charge on any atom is -0.385 e. The van der Waals surface area contributed by atoms with Gasteiger partial charge in [0.15, 0.2) is 0 Å². The van der Waals surface area contributed by atoms with Crippen molar-refractivity contribution < 1.29 is 22.6 Å². The summed E-state index contributed by atoms with van der Waals surface area (Å²) in [5.74, 6) is 0. The fourth-order valence-corrected chi connectivity index (χ4v) is 1.73. The Morgan fingerprint density at radius 2 is 1.85 bits per heavy atom. The zero-order valence-electron chi connectivity index (χ0n) is 11.5. The zero-order valence-corrected chi connectivity index (χ0v) is 11.5. The van der Waals surface area contributed by atoms with Gasteiger partial charge in [-0.15, -0.1) is 0 Å². The van der Waals surface area contributed by atoms with E-state index in [9.17, 15) is 13.2 Å². The van der Waals surface area contributed by atoms with E-state index < -0.39 is 11.7 Å². The van der Waals surface area contributed by atoms with E-state index in [1.54, 1.807) is 13.2 Å². The predicted octanol–water partition coefficient (Wildman–Crippen LogP) is 2.85. The van der Waals surface area contributed by atoms with Gasteiger partial charge in [-0.05, 0) is 18.1 Å². The largest absolute Gasteiger partial charge is 0.416 e. The molecule has 0 atom stereocenters. The second-order valence-electron chi connectivity index (χ2n) is 4.29. The van der Waals surface area contributed by atoms with Crippen LogP contribution in [0.3, 0.4) is 0 Å². The average Bonchev–Trinajstić information content (AvgIpc) is 2.41. The molecule has 1 aromatic rings. The number of hydrogen-bond acceptors (Lipinski definition) is 3. The summed E-state index contributed by atoms with van der Waals surface area (Å²) in [5, 5.41) is 2.95. The van der Waals surface area contributed by atoms with E-state index in [4.69, 9.17) is 9.47 Å². The van der Waals surface area contributed by atoms with Crippen LogP contribution < -0.4 is 5.32 Å². The van der Waals surface area contributed by atoms with Gasteiger partial charge in [0.2, 0.25) is 0 Å². The smallest absolute Gasteiger partial charge is 0.385 e. The van der Waals surface area contributed by atoms with Crippen molar-refractivity contribution in [1.82, 2.24) is 5.32 Å². The summed E-state index contributed by atoms with van der Waals surface area (Å²) in [4.78, 5) is 0. The molecule has 114 valence electrons.